The average Bonchev–Trinajstić information content (AvgIpc) is 2.70. The molecule has 1 heterocycles. The van der Waals surface area contributed by atoms with Crippen molar-refractivity contribution in [1.82, 2.24) is 0 Å². The van der Waals surface area contributed by atoms with E-state index in [-0.39, 0.29) is 36.8 Å². The molecule has 0 spiro atoms. The van der Waals surface area contributed by atoms with E-state index in [2.05, 4.69) is 9.47 Å². The maximum Gasteiger partial charge on any atom is 0.573 e. The first-order valence-electron chi connectivity index (χ1n) is 9.85. The fourth-order valence-corrected chi connectivity index (χ4v) is 3.33. The Kier molecular flexibility index (Phi) is 7.56. The van der Waals surface area contributed by atoms with Gasteiger partial charge in [-0.1, -0.05) is 13.3 Å². The predicted molar refractivity (Wildman–Crippen MR) is 97.0 cm³/mol. The third-order valence-corrected chi connectivity index (χ3v) is 4.73. The molecule has 4 nitrogen and oxygen atoms in total. The second-order valence-electron chi connectivity index (χ2n) is 7.40. The lowest BCUT2D eigenvalue weighted by molar-refractivity contribution is -0.276. The van der Waals surface area contributed by atoms with Gasteiger partial charge >= 0.3 is 12.5 Å². The first-order valence-corrected chi connectivity index (χ1v) is 9.85. The van der Waals surface area contributed by atoms with E-state index in [0.717, 1.165) is 12.8 Å². The minimum Gasteiger partial charge on any atom is -0.429 e. The summed E-state index contributed by atoms with van der Waals surface area (Å²) in [5.41, 5.74) is -2.12. The van der Waals surface area contributed by atoms with Crippen molar-refractivity contribution in [2.24, 2.45) is 5.92 Å². The van der Waals surface area contributed by atoms with E-state index in [4.69, 9.17) is 9.47 Å². The molecular weight excluding hydrogens is 487 g/mol. The maximum atomic E-state index is 14.5. The van der Waals surface area contributed by atoms with Gasteiger partial charge in [-0.05, 0) is 18.6 Å². The number of alkyl halides is 5. The molecule has 3 rings (SSSR count). The zero-order chi connectivity index (χ0) is 25.3. The van der Waals surface area contributed by atoms with Crippen molar-refractivity contribution in [1.29, 1.82) is 0 Å². The van der Waals surface area contributed by atoms with E-state index in [9.17, 15) is 39.5 Å². The van der Waals surface area contributed by atoms with Gasteiger partial charge in [0.25, 0.3) is 0 Å². The number of halogens is 9. The number of hydrogen-bond donors (Lipinski definition) is 0. The van der Waals surface area contributed by atoms with Crippen molar-refractivity contribution < 1.29 is 58.5 Å². The molecule has 0 unspecified atom stereocenters. The summed E-state index contributed by atoms with van der Waals surface area (Å²) in [7, 11) is 0. The molecule has 13 heteroatoms. The van der Waals surface area contributed by atoms with Crippen LogP contribution in [0.3, 0.4) is 0 Å². The smallest absolute Gasteiger partial charge is 0.429 e. The summed E-state index contributed by atoms with van der Waals surface area (Å²) in [5, 5.41) is 0. The zero-order valence-corrected chi connectivity index (χ0v) is 17.3. The minimum absolute atomic E-state index is 0.0569. The molecule has 0 N–H and O–H groups in total. The fraction of sp³-hybridized carbons (Fsp3) is 0.429. The summed E-state index contributed by atoms with van der Waals surface area (Å²) in [4.78, 5) is 0. The molecule has 1 fully saturated rings. The molecule has 188 valence electrons. The van der Waals surface area contributed by atoms with Gasteiger partial charge in [-0.15, -0.1) is 13.2 Å². The van der Waals surface area contributed by atoms with E-state index < -0.39 is 59.1 Å². The third-order valence-electron chi connectivity index (χ3n) is 4.73. The molecule has 1 aliphatic heterocycles. The van der Waals surface area contributed by atoms with Crippen LogP contribution in [0.15, 0.2) is 24.3 Å². The lowest BCUT2D eigenvalue weighted by Gasteiger charge is -2.30. The Labute approximate surface area is 187 Å². The van der Waals surface area contributed by atoms with Gasteiger partial charge in [0.2, 0.25) is 5.75 Å². The first kappa shape index (κ1) is 25.9. The van der Waals surface area contributed by atoms with Crippen molar-refractivity contribution in [3.05, 3.63) is 58.7 Å². The van der Waals surface area contributed by atoms with E-state index in [0.29, 0.717) is 12.1 Å². The largest absolute Gasteiger partial charge is 0.573 e. The monoisotopic (exact) mass is 504 g/mol. The molecule has 0 atom stereocenters. The Hall–Kier alpha value is -2.67. The van der Waals surface area contributed by atoms with Gasteiger partial charge in [-0.25, -0.2) is 17.6 Å². The Morgan fingerprint density at radius 1 is 0.824 bits per heavy atom. The quantitative estimate of drug-likeness (QED) is 0.392. The van der Waals surface area contributed by atoms with Crippen LogP contribution < -0.4 is 9.47 Å². The zero-order valence-electron chi connectivity index (χ0n) is 17.3. The Balaban J connectivity index is 1.81. The molecular formula is C21H17F9O4. The number of benzene rings is 2. The van der Waals surface area contributed by atoms with Crippen LogP contribution in [0.4, 0.5) is 39.5 Å². The van der Waals surface area contributed by atoms with Crippen LogP contribution in [0.2, 0.25) is 0 Å². The van der Waals surface area contributed by atoms with E-state index >= 15 is 0 Å². The first-order chi connectivity index (χ1) is 15.8. The van der Waals surface area contributed by atoms with Crippen molar-refractivity contribution in [3.8, 4) is 11.5 Å². The van der Waals surface area contributed by atoms with Gasteiger partial charge in [-0.2, -0.15) is 8.78 Å². The third kappa shape index (κ3) is 6.06. The summed E-state index contributed by atoms with van der Waals surface area (Å²) >= 11 is 0. The summed E-state index contributed by atoms with van der Waals surface area (Å²) in [6, 6.07) is 0.946. The normalized spacial score (nSPS) is 19.2. The molecule has 1 aliphatic rings. The van der Waals surface area contributed by atoms with Crippen LogP contribution in [-0.4, -0.2) is 19.6 Å². The molecule has 0 amide bonds. The summed E-state index contributed by atoms with van der Waals surface area (Å²) in [6.07, 6.45) is -9.82. The van der Waals surface area contributed by atoms with Gasteiger partial charge in [0.05, 0.1) is 13.2 Å². The van der Waals surface area contributed by atoms with Crippen molar-refractivity contribution in [2.75, 3.05) is 13.2 Å². The standard InChI is InChI=1S/C21H17F9O4/c1-2-3-10-8-31-19(32-9-10)11-4-13(22)17(14(23)5-11)20(26,27)33-12-6-15(24)18(16(25)7-12)34-21(28,29)30/h4-7,10,19H,2-3,8-9H2,1H3. The molecule has 0 aliphatic carbocycles. The second-order valence-corrected chi connectivity index (χ2v) is 7.40. The molecule has 34 heavy (non-hydrogen) atoms. The Bertz CT molecular complexity index is 972. The maximum absolute atomic E-state index is 14.5. The number of hydrogen-bond acceptors (Lipinski definition) is 4. The van der Waals surface area contributed by atoms with Gasteiger partial charge < -0.3 is 18.9 Å². The van der Waals surface area contributed by atoms with Gasteiger partial charge in [0, 0.05) is 23.6 Å². The molecule has 0 aromatic heterocycles. The highest BCUT2D eigenvalue weighted by molar-refractivity contribution is 5.36. The molecule has 0 saturated carbocycles. The van der Waals surface area contributed by atoms with E-state index in [1.165, 1.54) is 0 Å². The van der Waals surface area contributed by atoms with Crippen LogP contribution in [-0.2, 0) is 15.6 Å². The van der Waals surface area contributed by atoms with E-state index in [1.54, 1.807) is 0 Å². The molecule has 2 aromatic carbocycles. The lowest BCUT2D eigenvalue weighted by Crippen LogP contribution is -2.28. The topological polar surface area (TPSA) is 36.9 Å². The molecule has 1 saturated heterocycles. The Morgan fingerprint density at radius 2 is 1.35 bits per heavy atom. The van der Waals surface area contributed by atoms with Crippen molar-refractivity contribution in [2.45, 2.75) is 38.5 Å². The summed E-state index contributed by atoms with van der Waals surface area (Å²) in [5.74, 6) is -10.8. The van der Waals surface area contributed by atoms with Gasteiger partial charge in [0.15, 0.2) is 17.9 Å². The predicted octanol–water partition coefficient (Wildman–Crippen LogP) is 6.73. The second kappa shape index (κ2) is 9.90. The highest BCUT2D eigenvalue weighted by Crippen LogP contribution is 2.39. The van der Waals surface area contributed by atoms with Crippen LogP contribution in [0.1, 0.15) is 37.2 Å². The summed E-state index contributed by atoms with van der Waals surface area (Å²) < 4.78 is 140. The summed E-state index contributed by atoms with van der Waals surface area (Å²) in [6.45, 7) is 2.41. The molecule has 0 bridgehead atoms. The minimum atomic E-state index is -5.47. The van der Waals surface area contributed by atoms with Crippen LogP contribution >= 0.6 is 0 Å². The van der Waals surface area contributed by atoms with Gasteiger partial charge in [-0.3, -0.25) is 0 Å². The van der Waals surface area contributed by atoms with Crippen LogP contribution in [0.25, 0.3) is 0 Å². The lowest BCUT2D eigenvalue weighted by atomic mass is 10.0. The number of rotatable bonds is 7. The number of ether oxygens (including phenoxy) is 4. The Morgan fingerprint density at radius 3 is 1.82 bits per heavy atom. The molecule has 0 radical (unpaired) electrons. The highest BCUT2D eigenvalue weighted by Gasteiger charge is 2.42. The van der Waals surface area contributed by atoms with Crippen molar-refractivity contribution in [3.63, 3.8) is 0 Å². The highest BCUT2D eigenvalue weighted by atomic mass is 19.4. The van der Waals surface area contributed by atoms with Crippen molar-refractivity contribution >= 4 is 0 Å². The van der Waals surface area contributed by atoms with E-state index in [1.807, 2.05) is 6.92 Å². The fourth-order valence-electron chi connectivity index (χ4n) is 3.33. The van der Waals surface area contributed by atoms with Crippen LogP contribution in [0.5, 0.6) is 11.5 Å². The SMILES string of the molecule is CCCC1COC(c2cc(F)c(C(F)(F)Oc3cc(F)c(OC(F)(F)F)c(F)c3)c(F)c2)OC1. The average molecular weight is 504 g/mol. The van der Waals surface area contributed by atoms with Gasteiger partial charge in [0.1, 0.15) is 22.9 Å². The molecule has 2 aromatic rings. The van der Waals surface area contributed by atoms with Crippen LogP contribution in [0, 0.1) is 29.2 Å².